The predicted octanol–water partition coefficient (Wildman–Crippen LogP) is 1.25. The number of hydrogen-bond donors (Lipinski definition) is 3. The maximum absolute atomic E-state index is 11.1. The standard InChI is InChI=1S/C13H18N4O3/c1-8-6-10(4-5-15-8)16-11-3-2-9(13(14)18)7-12(11)17(19)20/h2-3,7-8,10,15-16H,4-6H2,1H3,(H2,14,18). The highest BCUT2D eigenvalue weighted by Crippen LogP contribution is 2.27. The van der Waals surface area contributed by atoms with Crippen LogP contribution in [0.15, 0.2) is 18.2 Å². The number of nitrogens with zero attached hydrogens (tertiary/aromatic N) is 1. The van der Waals surface area contributed by atoms with E-state index in [-0.39, 0.29) is 17.3 Å². The molecule has 20 heavy (non-hydrogen) atoms. The number of nitro benzene ring substituents is 1. The Bertz CT molecular complexity index is 532. The monoisotopic (exact) mass is 278 g/mol. The van der Waals surface area contributed by atoms with Crippen molar-refractivity contribution in [2.24, 2.45) is 5.73 Å². The first kappa shape index (κ1) is 14.3. The smallest absolute Gasteiger partial charge is 0.293 e. The zero-order chi connectivity index (χ0) is 14.7. The van der Waals surface area contributed by atoms with Crippen LogP contribution in [0.3, 0.4) is 0 Å². The molecular formula is C13H18N4O3. The fraction of sp³-hybridized carbons (Fsp3) is 0.462. The van der Waals surface area contributed by atoms with Crippen molar-refractivity contribution in [2.75, 3.05) is 11.9 Å². The Morgan fingerprint density at radius 3 is 2.90 bits per heavy atom. The number of anilines is 1. The van der Waals surface area contributed by atoms with Gasteiger partial charge in [0.1, 0.15) is 5.69 Å². The normalized spacial score (nSPS) is 22.2. The van der Waals surface area contributed by atoms with Gasteiger partial charge in [0.05, 0.1) is 4.92 Å². The first-order valence-electron chi connectivity index (χ1n) is 6.55. The molecule has 2 unspecified atom stereocenters. The maximum Gasteiger partial charge on any atom is 0.293 e. The average molecular weight is 278 g/mol. The van der Waals surface area contributed by atoms with Gasteiger partial charge in [0.25, 0.3) is 5.69 Å². The highest BCUT2D eigenvalue weighted by Gasteiger charge is 2.22. The molecule has 1 aliphatic rings. The van der Waals surface area contributed by atoms with Crippen molar-refractivity contribution in [2.45, 2.75) is 31.8 Å². The number of rotatable bonds is 4. The second-order valence-electron chi connectivity index (χ2n) is 5.07. The van der Waals surface area contributed by atoms with Crippen LogP contribution in [0.2, 0.25) is 0 Å². The largest absolute Gasteiger partial charge is 0.377 e. The van der Waals surface area contributed by atoms with Crippen LogP contribution in [0.5, 0.6) is 0 Å². The molecule has 7 nitrogen and oxygen atoms in total. The van der Waals surface area contributed by atoms with E-state index >= 15 is 0 Å². The van der Waals surface area contributed by atoms with Gasteiger partial charge in [-0.3, -0.25) is 14.9 Å². The quantitative estimate of drug-likeness (QED) is 0.567. The number of amides is 1. The van der Waals surface area contributed by atoms with Gasteiger partial charge in [-0.15, -0.1) is 0 Å². The van der Waals surface area contributed by atoms with Crippen LogP contribution in [-0.4, -0.2) is 29.5 Å². The summed E-state index contributed by atoms with van der Waals surface area (Å²) in [4.78, 5) is 21.7. The zero-order valence-corrected chi connectivity index (χ0v) is 11.3. The van der Waals surface area contributed by atoms with Crippen molar-refractivity contribution < 1.29 is 9.72 Å². The Balaban J connectivity index is 2.22. The number of piperidine rings is 1. The summed E-state index contributed by atoms with van der Waals surface area (Å²) >= 11 is 0. The van der Waals surface area contributed by atoms with Crippen LogP contribution in [-0.2, 0) is 0 Å². The molecule has 2 rings (SSSR count). The molecule has 7 heteroatoms. The van der Waals surface area contributed by atoms with Gasteiger partial charge >= 0.3 is 0 Å². The molecule has 0 aliphatic carbocycles. The number of nitrogens with one attached hydrogen (secondary N) is 2. The van der Waals surface area contributed by atoms with E-state index in [9.17, 15) is 14.9 Å². The lowest BCUT2D eigenvalue weighted by Gasteiger charge is -2.29. The van der Waals surface area contributed by atoms with Gasteiger partial charge in [0.15, 0.2) is 0 Å². The average Bonchev–Trinajstić information content (AvgIpc) is 2.38. The van der Waals surface area contributed by atoms with Gasteiger partial charge in [-0.05, 0) is 38.4 Å². The molecule has 1 heterocycles. The number of primary amides is 1. The molecule has 0 spiro atoms. The molecule has 1 aliphatic heterocycles. The summed E-state index contributed by atoms with van der Waals surface area (Å²) in [7, 11) is 0. The van der Waals surface area contributed by atoms with Crippen LogP contribution >= 0.6 is 0 Å². The van der Waals surface area contributed by atoms with Gasteiger partial charge in [-0.2, -0.15) is 0 Å². The molecular weight excluding hydrogens is 260 g/mol. The molecule has 1 aromatic rings. The summed E-state index contributed by atoms with van der Waals surface area (Å²) in [6.07, 6.45) is 1.80. The minimum Gasteiger partial charge on any atom is -0.377 e. The number of benzene rings is 1. The molecule has 2 atom stereocenters. The fourth-order valence-electron chi connectivity index (χ4n) is 2.44. The van der Waals surface area contributed by atoms with Gasteiger partial charge in [0.2, 0.25) is 5.91 Å². The molecule has 0 aromatic heterocycles. The van der Waals surface area contributed by atoms with Gasteiger partial charge in [-0.25, -0.2) is 0 Å². The number of nitro groups is 1. The Morgan fingerprint density at radius 1 is 1.55 bits per heavy atom. The Labute approximate surface area is 116 Å². The number of hydrogen-bond acceptors (Lipinski definition) is 5. The van der Waals surface area contributed by atoms with Crippen molar-refractivity contribution in [1.29, 1.82) is 0 Å². The fourth-order valence-corrected chi connectivity index (χ4v) is 2.44. The molecule has 1 amide bonds. The Kier molecular flexibility index (Phi) is 4.19. The second kappa shape index (κ2) is 5.87. The molecule has 4 N–H and O–H groups in total. The third kappa shape index (κ3) is 3.24. The second-order valence-corrected chi connectivity index (χ2v) is 5.07. The van der Waals surface area contributed by atoms with E-state index in [1.807, 2.05) is 0 Å². The summed E-state index contributed by atoms with van der Waals surface area (Å²) in [6.45, 7) is 2.96. The van der Waals surface area contributed by atoms with Crippen LogP contribution in [0.4, 0.5) is 11.4 Å². The lowest BCUT2D eigenvalue weighted by Crippen LogP contribution is -2.41. The Morgan fingerprint density at radius 2 is 2.30 bits per heavy atom. The minimum absolute atomic E-state index is 0.118. The van der Waals surface area contributed by atoms with Crippen molar-refractivity contribution in [3.63, 3.8) is 0 Å². The summed E-state index contributed by atoms with van der Waals surface area (Å²) in [5.74, 6) is -0.671. The van der Waals surface area contributed by atoms with Gasteiger partial charge in [-0.1, -0.05) is 0 Å². The summed E-state index contributed by atoms with van der Waals surface area (Å²) in [5, 5.41) is 17.6. The maximum atomic E-state index is 11.1. The molecule has 1 saturated heterocycles. The van der Waals surface area contributed by atoms with E-state index < -0.39 is 10.8 Å². The highest BCUT2D eigenvalue weighted by molar-refractivity contribution is 5.94. The molecule has 1 aromatic carbocycles. The van der Waals surface area contributed by atoms with Gasteiger partial charge in [0, 0.05) is 23.7 Å². The molecule has 1 fully saturated rings. The summed E-state index contributed by atoms with van der Waals surface area (Å²) < 4.78 is 0. The molecule has 0 saturated carbocycles. The lowest BCUT2D eigenvalue weighted by atomic mass is 10.00. The number of carbonyl (C=O) groups excluding carboxylic acids is 1. The first-order chi connectivity index (χ1) is 9.47. The van der Waals surface area contributed by atoms with E-state index in [0.29, 0.717) is 11.7 Å². The van der Waals surface area contributed by atoms with E-state index in [2.05, 4.69) is 17.6 Å². The highest BCUT2D eigenvalue weighted by atomic mass is 16.6. The molecule has 0 bridgehead atoms. The minimum atomic E-state index is -0.671. The van der Waals surface area contributed by atoms with E-state index in [1.165, 1.54) is 12.1 Å². The van der Waals surface area contributed by atoms with Crippen LogP contribution < -0.4 is 16.4 Å². The van der Waals surface area contributed by atoms with E-state index in [0.717, 1.165) is 19.4 Å². The van der Waals surface area contributed by atoms with Crippen molar-refractivity contribution in [1.82, 2.24) is 5.32 Å². The van der Waals surface area contributed by atoms with Crippen LogP contribution in [0.1, 0.15) is 30.1 Å². The van der Waals surface area contributed by atoms with Crippen LogP contribution in [0, 0.1) is 10.1 Å². The topological polar surface area (TPSA) is 110 Å². The van der Waals surface area contributed by atoms with Crippen molar-refractivity contribution in [3.05, 3.63) is 33.9 Å². The summed E-state index contributed by atoms with van der Waals surface area (Å²) in [5.41, 5.74) is 5.60. The first-order valence-corrected chi connectivity index (χ1v) is 6.55. The predicted molar refractivity (Wildman–Crippen MR) is 75.7 cm³/mol. The zero-order valence-electron chi connectivity index (χ0n) is 11.3. The van der Waals surface area contributed by atoms with E-state index in [4.69, 9.17) is 5.73 Å². The van der Waals surface area contributed by atoms with Crippen molar-refractivity contribution >= 4 is 17.3 Å². The number of carbonyl (C=O) groups is 1. The number of nitrogens with two attached hydrogens (primary N) is 1. The molecule has 108 valence electrons. The SMILES string of the molecule is CC1CC(Nc2ccc(C(N)=O)cc2[N+](=O)[O-])CCN1. The summed E-state index contributed by atoms with van der Waals surface area (Å²) in [6, 6.07) is 4.83. The molecule has 0 radical (unpaired) electrons. The third-order valence-electron chi connectivity index (χ3n) is 3.46. The van der Waals surface area contributed by atoms with E-state index in [1.54, 1.807) is 6.07 Å². The van der Waals surface area contributed by atoms with Crippen LogP contribution in [0.25, 0.3) is 0 Å². The lowest BCUT2D eigenvalue weighted by molar-refractivity contribution is -0.384. The van der Waals surface area contributed by atoms with Gasteiger partial charge < -0.3 is 16.4 Å². The van der Waals surface area contributed by atoms with Crippen molar-refractivity contribution in [3.8, 4) is 0 Å². The third-order valence-corrected chi connectivity index (χ3v) is 3.46. The Hall–Kier alpha value is -2.15.